The van der Waals surface area contributed by atoms with Crippen molar-refractivity contribution < 1.29 is 4.39 Å². The zero-order valence-electron chi connectivity index (χ0n) is 9.98. The Morgan fingerprint density at radius 3 is 3.00 bits per heavy atom. The monoisotopic (exact) mass is 235 g/mol. The molecular formula is C13H18FN3. The lowest BCUT2D eigenvalue weighted by Gasteiger charge is -2.44. The highest BCUT2D eigenvalue weighted by Gasteiger charge is 2.29. The zero-order valence-corrected chi connectivity index (χ0v) is 9.98. The molecule has 0 aliphatic carbocycles. The van der Waals surface area contributed by atoms with Gasteiger partial charge in [0.25, 0.3) is 0 Å². The van der Waals surface area contributed by atoms with Gasteiger partial charge in [-0.2, -0.15) is 4.39 Å². The van der Waals surface area contributed by atoms with Gasteiger partial charge in [0.1, 0.15) is 5.82 Å². The molecule has 2 aliphatic rings. The predicted octanol–water partition coefficient (Wildman–Crippen LogP) is 1.90. The summed E-state index contributed by atoms with van der Waals surface area (Å²) in [4.78, 5) is 8.76. The summed E-state index contributed by atoms with van der Waals surface area (Å²) in [5.41, 5.74) is 0. The normalized spacial score (nSPS) is 25.7. The molecule has 4 heteroatoms. The summed E-state index contributed by atoms with van der Waals surface area (Å²) in [6.45, 7) is 4.28. The van der Waals surface area contributed by atoms with E-state index in [9.17, 15) is 4.39 Å². The minimum atomic E-state index is -0.381. The zero-order chi connectivity index (χ0) is 11.7. The number of piperidine rings is 1. The summed E-state index contributed by atoms with van der Waals surface area (Å²) in [6.07, 6.45) is 3.92. The molecule has 1 aromatic heterocycles. The second-order valence-corrected chi connectivity index (χ2v) is 4.95. The maximum absolute atomic E-state index is 13.1. The van der Waals surface area contributed by atoms with Gasteiger partial charge in [0.05, 0.1) is 0 Å². The SMILES string of the molecule is Fc1cccc(N2CCN3CCCC[C@@H]3C2)n1. The van der Waals surface area contributed by atoms with Crippen LogP contribution in [0.15, 0.2) is 18.2 Å². The van der Waals surface area contributed by atoms with E-state index in [2.05, 4.69) is 14.8 Å². The first-order valence-electron chi connectivity index (χ1n) is 6.44. The molecule has 3 heterocycles. The standard InChI is InChI=1S/C13H18FN3/c14-12-5-3-6-13(15-12)17-9-8-16-7-2-1-4-11(16)10-17/h3,5-6,11H,1-2,4,7-10H2/t11-/m1/s1. The van der Waals surface area contributed by atoms with Crippen LogP contribution in [0, 0.1) is 5.95 Å². The highest BCUT2D eigenvalue weighted by Crippen LogP contribution is 2.23. The van der Waals surface area contributed by atoms with E-state index in [0.29, 0.717) is 6.04 Å². The second-order valence-electron chi connectivity index (χ2n) is 4.95. The summed E-state index contributed by atoms with van der Waals surface area (Å²) in [5.74, 6) is 0.406. The van der Waals surface area contributed by atoms with Crippen LogP contribution in [0.2, 0.25) is 0 Å². The number of aromatic nitrogens is 1. The van der Waals surface area contributed by atoms with Crippen molar-refractivity contribution in [2.24, 2.45) is 0 Å². The van der Waals surface area contributed by atoms with E-state index < -0.39 is 0 Å². The lowest BCUT2D eigenvalue weighted by Crippen LogP contribution is -2.55. The van der Waals surface area contributed by atoms with Crippen molar-refractivity contribution in [3.63, 3.8) is 0 Å². The fourth-order valence-electron chi connectivity index (χ4n) is 2.94. The molecule has 0 radical (unpaired) electrons. The minimum Gasteiger partial charge on any atom is -0.354 e. The molecule has 0 amide bonds. The maximum atomic E-state index is 13.1. The first-order chi connectivity index (χ1) is 8.33. The van der Waals surface area contributed by atoms with Crippen molar-refractivity contribution in [3.05, 3.63) is 24.1 Å². The molecular weight excluding hydrogens is 217 g/mol. The number of anilines is 1. The Kier molecular flexibility index (Phi) is 2.97. The number of halogens is 1. The number of pyridine rings is 1. The Balaban J connectivity index is 1.73. The fraction of sp³-hybridized carbons (Fsp3) is 0.615. The quantitative estimate of drug-likeness (QED) is 0.693. The smallest absolute Gasteiger partial charge is 0.214 e. The molecule has 2 fully saturated rings. The van der Waals surface area contributed by atoms with Crippen LogP contribution in [0.25, 0.3) is 0 Å². The third-order valence-corrected chi connectivity index (χ3v) is 3.86. The van der Waals surface area contributed by atoms with Crippen LogP contribution >= 0.6 is 0 Å². The number of piperazine rings is 1. The number of nitrogens with zero attached hydrogens (tertiary/aromatic N) is 3. The van der Waals surface area contributed by atoms with Crippen LogP contribution in [0.4, 0.5) is 10.2 Å². The van der Waals surface area contributed by atoms with E-state index in [-0.39, 0.29) is 5.95 Å². The Morgan fingerprint density at radius 1 is 1.18 bits per heavy atom. The number of rotatable bonds is 1. The molecule has 0 spiro atoms. The molecule has 92 valence electrons. The van der Waals surface area contributed by atoms with Gasteiger partial charge in [-0.15, -0.1) is 0 Å². The van der Waals surface area contributed by atoms with E-state index in [4.69, 9.17) is 0 Å². The van der Waals surface area contributed by atoms with E-state index in [0.717, 1.165) is 25.5 Å². The highest BCUT2D eigenvalue weighted by atomic mass is 19.1. The van der Waals surface area contributed by atoms with Crippen LogP contribution in [0.3, 0.4) is 0 Å². The number of fused-ring (bicyclic) bond motifs is 1. The first kappa shape index (κ1) is 11.0. The molecule has 1 atom stereocenters. The van der Waals surface area contributed by atoms with E-state index in [1.165, 1.54) is 31.9 Å². The van der Waals surface area contributed by atoms with E-state index in [1.54, 1.807) is 6.07 Å². The van der Waals surface area contributed by atoms with Gasteiger partial charge in [0.15, 0.2) is 0 Å². The highest BCUT2D eigenvalue weighted by molar-refractivity contribution is 5.39. The van der Waals surface area contributed by atoms with Gasteiger partial charge in [-0.25, -0.2) is 4.98 Å². The molecule has 17 heavy (non-hydrogen) atoms. The van der Waals surface area contributed by atoms with Crippen molar-refractivity contribution in [1.29, 1.82) is 0 Å². The Hall–Kier alpha value is -1.16. The summed E-state index contributed by atoms with van der Waals surface area (Å²) in [5, 5.41) is 0. The van der Waals surface area contributed by atoms with Gasteiger partial charge < -0.3 is 4.90 Å². The largest absolute Gasteiger partial charge is 0.354 e. The van der Waals surface area contributed by atoms with Gasteiger partial charge in [-0.1, -0.05) is 12.5 Å². The fourth-order valence-corrected chi connectivity index (χ4v) is 2.94. The summed E-state index contributed by atoms with van der Waals surface area (Å²) in [7, 11) is 0. The molecule has 2 aliphatic heterocycles. The van der Waals surface area contributed by atoms with Crippen molar-refractivity contribution in [2.45, 2.75) is 25.3 Å². The molecule has 0 saturated carbocycles. The molecule has 0 bridgehead atoms. The summed E-state index contributed by atoms with van der Waals surface area (Å²) < 4.78 is 13.1. The van der Waals surface area contributed by atoms with E-state index in [1.807, 2.05) is 6.07 Å². The topological polar surface area (TPSA) is 19.4 Å². The van der Waals surface area contributed by atoms with Gasteiger partial charge in [-0.3, -0.25) is 4.90 Å². The number of hydrogen-bond donors (Lipinski definition) is 0. The molecule has 0 aromatic carbocycles. The molecule has 1 aromatic rings. The van der Waals surface area contributed by atoms with Crippen LogP contribution in [0.5, 0.6) is 0 Å². The third-order valence-electron chi connectivity index (χ3n) is 3.86. The predicted molar refractivity (Wildman–Crippen MR) is 65.6 cm³/mol. The second kappa shape index (κ2) is 4.61. The van der Waals surface area contributed by atoms with Crippen LogP contribution in [-0.2, 0) is 0 Å². The van der Waals surface area contributed by atoms with Gasteiger partial charge >= 0.3 is 0 Å². The first-order valence-corrected chi connectivity index (χ1v) is 6.44. The maximum Gasteiger partial charge on any atom is 0.214 e. The van der Waals surface area contributed by atoms with Crippen molar-refractivity contribution in [3.8, 4) is 0 Å². The summed E-state index contributed by atoms with van der Waals surface area (Å²) in [6, 6.07) is 5.69. The Morgan fingerprint density at radius 2 is 2.12 bits per heavy atom. The Bertz CT molecular complexity index is 396. The molecule has 3 rings (SSSR count). The minimum absolute atomic E-state index is 0.381. The van der Waals surface area contributed by atoms with Crippen LogP contribution in [-0.4, -0.2) is 42.1 Å². The Labute approximate surface area is 101 Å². The molecule has 0 N–H and O–H groups in total. The average Bonchev–Trinajstić information content (AvgIpc) is 2.38. The molecule has 2 saturated heterocycles. The van der Waals surface area contributed by atoms with Crippen LogP contribution < -0.4 is 4.90 Å². The van der Waals surface area contributed by atoms with Gasteiger partial charge in [0, 0.05) is 25.7 Å². The van der Waals surface area contributed by atoms with E-state index >= 15 is 0 Å². The molecule has 0 unspecified atom stereocenters. The van der Waals surface area contributed by atoms with Gasteiger partial charge in [-0.05, 0) is 31.5 Å². The van der Waals surface area contributed by atoms with Crippen molar-refractivity contribution >= 4 is 5.82 Å². The molecule has 3 nitrogen and oxygen atoms in total. The lowest BCUT2D eigenvalue weighted by molar-refractivity contribution is 0.133. The lowest BCUT2D eigenvalue weighted by atomic mass is 9.99. The van der Waals surface area contributed by atoms with Gasteiger partial charge in [0.2, 0.25) is 5.95 Å². The summed E-state index contributed by atoms with van der Waals surface area (Å²) >= 11 is 0. The number of hydrogen-bond acceptors (Lipinski definition) is 3. The van der Waals surface area contributed by atoms with Crippen molar-refractivity contribution in [2.75, 3.05) is 31.1 Å². The van der Waals surface area contributed by atoms with Crippen molar-refractivity contribution in [1.82, 2.24) is 9.88 Å². The third kappa shape index (κ3) is 2.27. The van der Waals surface area contributed by atoms with Crippen LogP contribution in [0.1, 0.15) is 19.3 Å². The average molecular weight is 235 g/mol.